The molecule has 3 aromatic rings. The number of fused-ring (bicyclic) bond motifs is 2. The number of likely N-dealkylation sites (tertiary alicyclic amines) is 1. The van der Waals surface area contributed by atoms with Gasteiger partial charge in [-0.25, -0.2) is 0 Å². The van der Waals surface area contributed by atoms with Gasteiger partial charge in [-0.05, 0) is 66.8 Å². The topological polar surface area (TPSA) is 86.7 Å². The van der Waals surface area contributed by atoms with E-state index in [1.807, 2.05) is 25.7 Å². The molecule has 1 heterocycles. The molecule has 178 valence electrons. The van der Waals surface area contributed by atoms with Crippen molar-refractivity contribution in [1.29, 1.82) is 0 Å². The zero-order chi connectivity index (χ0) is 24.8. The SMILES string of the molecule is CC.CC1CCCN1C(=O)CNC=O.Cc1ccc2cc3ccccc3c(C)c2c1.O=CO. The van der Waals surface area contributed by atoms with Crippen LogP contribution in [0.25, 0.3) is 21.5 Å². The van der Waals surface area contributed by atoms with Crippen molar-refractivity contribution in [1.82, 2.24) is 10.2 Å². The first kappa shape index (κ1) is 27.6. The second-order valence-electron chi connectivity index (χ2n) is 7.63. The highest BCUT2D eigenvalue weighted by Gasteiger charge is 2.24. The fourth-order valence-corrected chi connectivity index (χ4v) is 3.93. The van der Waals surface area contributed by atoms with Crippen LogP contribution < -0.4 is 5.32 Å². The van der Waals surface area contributed by atoms with E-state index in [0.717, 1.165) is 19.4 Å². The lowest BCUT2D eigenvalue weighted by Gasteiger charge is -2.20. The predicted molar refractivity (Wildman–Crippen MR) is 135 cm³/mol. The Morgan fingerprint density at radius 3 is 2.30 bits per heavy atom. The molecule has 0 saturated carbocycles. The van der Waals surface area contributed by atoms with Crippen LogP contribution in [0, 0.1) is 13.8 Å². The second kappa shape index (κ2) is 14.6. The number of hydrogen-bond acceptors (Lipinski definition) is 3. The van der Waals surface area contributed by atoms with Crippen molar-refractivity contribution in [3.63, 3.8) is 0 Å². The predicted octanol–water partition coefficient (Wildman–Crippen LogP) is 5.08. The number of nitrogens with one attached hydrogen (secondary N) is 1. The quantitative estimate of drug-likeness (QED) is 0.429. The summed E-state index contributed by atoms with van der Waals surface area (Å²) in [5.74, 6) is 0.0205. The number of benzene rings is 3. The van der Waals surface area contributed by atoms with Crippen LogP contribution in [0.15, 0.2) is 48.5 Å². The van der Waals surface area contributed by atoms with Crippen LogP contribution in [0.2, 0.25) is 0 Å². The van der Waals surface area contributed by atoms with Crippen molar-refractivity contribution in [3.8, 4) is 0 Å². The normalized spacial score (nSPS) is 14.1. The first-order valence-electron chi connectivity index (χ1n) is 11.4. The molecular weight excluding hydrogens is 416 g/mol. The number of aryl methyl sites for hydroxylation is 2. The molecule has 0 spiro atoms. The van der Waals surface area contributed by atoms with Gasteiger partial charge in [0.1, 0.15) is 0 Å². The molecule has 6 nitrogen and oxygen atoms in total. The fourth-order valence-electron chi connectivity index (χ4n) is 3.93. The highest BCUT2D eigenvalue weighted by molar-refractivity contribution is 6.02. The van der Waals surface area contributed by atoms with Crippen LogP contribution in [0.4, 0.5) is 0 Å². The zero-order valence-electron chi connectivity index (χ0n) is 20.3. The Labute approximate surface area is 196 Å². The summed E-state index contributed by atoms with van der Waals surface area (Å²) < 4.78 is 0. The van der Waals surface area contributed by atoms with Crippen LogP contribution in [-0.2, 0) is 14.4 Å². The summed E-state index contributed by atoms with van der Waals surface area (Å²) >= 11 is 0. The lowest BCUT2D eigenvalue weighted by atomic mass is 9.97. The summed E-state index contributed by atoms with van der Waals surface area (Å²) in [5.41, 5.74) is 2.71. The summed E-state index contributed by atoms with van der Waals surface area (Å²) in [6, 6.07) is 17.9. The molecule has 1 saturated heterocycles. The van der Waals surface area contributed by atoms with Gasteiger partial charge in [-0.2, -0.15) is 0 Å². The Kier molecular flexibility index (Phi) is 12.2. The van der Waals surface area contributed by atoms with Crippen LogP contribution in [0.3, 0.4) is 0 Å². The number of carbonyl (C=O) groups is 3. The van der Waals surface area contributed by atoms with Gasteiger partial charge in [-0.1, -0.05) is 61.9 Å². The van der Waals surface area contributed by atoms with Crippen molar-refractivity contribution >= 4 is 40.3 Å². The minimum atomic E-state index is -0.250. The maximum absolute atomic E-state index is 11.3. The van der Waals surface area contributed by atoms with Crippen LogP contribution in [-0.4, -0.2) is 47.9 Å². The molecule has 0 radical (unpaired) electrons. The van der Waals surface area contributed by atoms with Crippen LogP contribution in [0.1, 0.15) is 44.7 Å². The summed E-state index contributed by atoms with van der Waals surface area (Å²) in [6.45, 7) is 11.1. The minimum absolute atomic E-state index is 0.0205. The van der Waals surface area contributed by atoms with Gasteiger partial charge in [0.05, 0.1) is 6.54 Å². The molecule has 2 amide bonds. The number of nitrogens with zero attached hydrogens (tertiary/aromatic N) is 1. The lowest BCUT2D eigenvalue weighted by molar-refractivity contribution is -0.131. The molecule has 0 bridgehead atoms. The molecule has 1 aliphatic rings. The Morgan fingerprint density at radius 1 is 1.06 bits per heavy atom. The van der Waals surface area contributed by atoms with Crippen molar-refractivity contribution in [2.75, 3.05) is 13.1 Å². The van der Waals surface area contributed by atoms with Gasteiger partial charge in [-0.3, -0.25) is 14.4 Å². The number of carbonyl (C=O) groups excluding carboxylic acids is 2. The first-order chi connectivity index (χ1) is 15.9. The molecule has 1 aliphatic heterocycles. The standard InChI is InChI=1S/C16H14.C8H14N2O2.C2H6.CH2O2/c1-11-7-8-14-10-13-5-3-4-6-15(13)12(2)16(14)9-11;1-7-3-2-4-10(7)8(12)5-9-6-11;1-2;2-1-3/h3-10H,1-2H3;6-7H,2-5H2,1H3,(H,9,11);1-2H3;1H,(H,2,3). The number of hydrogen-bond donors (Lipinski definition) is 2. The lowest BCUT2D eigenvalue weighted by Crippen LogP contribution is -2.39. The minimum Gasteiger partial charge on any atom is -0.483 e. The molecule has 4 rings (SSSR count). The van der Waals surface area contributed by atoms with Crippen molar-refractivity contribution in [3.05, 3.63) is 59.7 Å². The second-order valence-corrected chi connectivity index (χ2v) is 7.63. The molecule has 0 aliphatic carbocycles. The third-order valence-electron chi connectivity index (χ3n) is 5.50. The molecule has 2 N–H and O–H groups in total. The Bertz CT molecular complexity index is 1050. The van der Waals surface area contributed by atoms with E-state index in [1.165, 1.54) is 32.7 Å². The summed E-state index contributed by atoms with van der Waals surface area (Å²) in [7, 11) is 0. The average molecular weight is 453 g/mol. The zero-order valence-corrected chi connectivity index (χ0v) is 20.3. The molecule has 3 aromatic carbocycles. The number of carboxylic acid groups (broad SMARTS) is 1. The maximum atomic E-state index is 11.3. The Balaban J connectivity index is 0.000000285. The summed E-state index contributed by atoms with van der Waals surface area (Å²) in [5, 5.41) is 14.7. The van der Waals surface area contributed by atoms with Crippen molar-refractivity contribution in [2.24, 2.45) is 0 Å². The van der Waals surface area contributed by atoms with E-state index in [9.17, 15) is 9.59 Å². The van der Waals surface area contributed by atoms with E-state index in [1.54, 1.807) is 0 Å². The van der Waals surface area contributed by atoms with E-state index in [4.69, 9.17) is 9.90 Å². The fraction of sp³-hybridized carbons (Fsp3) is 0.370. The maximum Gasteiger partial charge on any atom is 0.290 e. The highest BCUT2D eigenvalue weighted by atomic mass is 16.3. The monoisotopic (exact) mass is 452 g/mol. The molecule has 33 heavy (non-hydrogen) atoms. The van der Waals surface area contributed by atoms with Crippen molar-refractivity contribution in [2.45, 2.75) is 53.5 Å². The van der Waals surface area contributed by atoms with E-state index < -0.39 is 0 Å². The molecule has 0 aromatic heterocycles. The molecular formula is C27H36N2O4. The van der Waals surface area contributed by atoms with Gasteiger partial charge in [-0.15, -0.1) is 0 Å². The number of rotatable bonds is 3. The van der Waals surface area contributed by atoms with E-state index >= 15 is 0 Å². The van der Waals surface area contributed by atoms with Gasteiger partial charge in [0, 0.05) is 12.6 Å². The third-order valence-corrected chi connectivity index (χ3v) is 5.50. The molecule has 6 heteroatoms. The van der Waals surface area contributed by atoms with E-state index in [-0.39, 0.29) is 18.9 Å². The molecule has 1 atom stereocenters. The average Bonchev–Trinajstić information content (AvgIpc) is 3.26. The van der Waals surface area contributed by atoms with Gasteiger partial charge < -0.3 is 15.3 Å². The Morgan fingerprint density at radius 2 is 1.70 bits per heavy atom. The number of amides is 2. The molecule has 1 unspecified atom stereocenters. The van der Waals surface area contributed by atoms with E-state index in [2.05, 4.69) is 67.7 Å². The van der Waals surface area contributed by atoms with Gasteiger partial charge in [0.25, 0.3) is 6.47 Å². The van der Waals surface area contributed by atoms with Gasteiger partial charge >= 0.3 is 0 Å². The largest absolute Gasteiger partial charge is 0.483 e. The summed E-state index contributed by atoms with van der Waals surface area (Å²) in [4.78, 5) is 31.4. The summed E-state index contributed by atoms with van der Waals surface area (Å²) in [6.07, 6.45) is 2.71. The molecule has 1 fully saturated rings. The van der Waals surface area contributed by atoms with Gasteiger partial charge in [0.2, 0.25) is 12.3 Å². The smallest absolute Gasteiger partial charge is 0.290 e. The third kappa shape index (κ3) is 7.90. The van der Waals surface area contributed by atoms with Crippen LogP contribution >= 0.6 is 0 Å². The van der Waals surface area contributed by atoms with Crippen molar-refractivity contribution < 1.29 is 19.5 Å². The highest BCUT2D eigenvalue weighted by Crippen LogP contribution is 2.28. The first-order valence-corrected chi connectivity index (χ1v) is 11.4. The Hall–Kier alpha value is -3.41. The van der Waals surface area contributed by atoms with E-state index in [0.29, 0.717) is 12.5 Å². The van der Waals surface area contributed by atoms with Gasteiger partial charge in [0.15, 0.2) is 0 Å². The van der Waals surface area contributed by atoms with Crippen LogP contribution in [0.5, 0.6) is 0 Å².